The summed E-state index contributed by atoms with van der Waals surface area (Å²) in [4.78, 5) is 15.8. The normalized spacial score (nSPS) is 10.2. The Hall–Kier alpha value is -2.43. The zero-order valence-electron chi connectivity index (χ0n) is 11.3. The molecule has 0 unspecified atom stereocenters. The summed E-state index contributed by atoms with van der Waals surface area (Å²) in [6.07, 6.45) is 1.43. The van der Waals surface area contributed by atoms with E-state index in [0.717, 1.165) is 0 Å². The van der Waals surface area contributed by atoms with Crippen molar-refractivity contribution in [3.63, 3.8) is 0 Å². The van der Waals surface area contributed by atoms with Crippen molar-refractivity contribution in [3.8, 4) is 5.88 Å². The number of aromatic nitrogens is 1. The molecule has 0 saturated heterocycles. The average molecular weight is 274 g/mol. The van der Waals surface area contributed by atoms with Gasteiger partial charge in [0.1, 0.15) is 5.82 Å². The van der Waals surface area contributed by atoms with E-state index >= 15 is 0 Å². The smallest absolute Gasteiger partial charge is 0.253 e. The van der Waals surface area contributed by atoms with Gasteiger partial charge in [-0.25, -0.2) is 9.37 Å². The van der Waals surface area contributed by atoms with E-state index < -0.39 is 0 Å². The van der Waals surface area contributed by atoms with Crippen LogP contribution in [0.4, 0.5) is 4.39 Å². The van der Waals surface area contributed by atoms with Crippen LogP contribution < -0.4 is 10.1 Å². The standard InChI is InChI=1S/C15H15FN2O2/c1-10-3-4-11(7-13(10)16)8-18-15(19)12-5-6-14(20-2)17-9-12/h3-7,9H,8H2,1-2H3,(H,18,19). The first-order valence-electron chi connectivity index (χ1n) is 6.13. The summed E-state index contributed by atoms with van der Waals surface area (Å²) >= 11 is 0. The summed E-state index contributed by atoms with van der Waals surface area (Å²) in [6.45, 7) is 1.96. The molecule has 0 aliphatic rings. The van der Waals surface area contributed by atoms with Gasteiger partial charge in [0.25, 0.3) is 5.91 Å². The summed E-state index contributed by atoms with van der Waals surface area (Å²) in [5.41, 5.74) is 1.72. The Morgan fingerprint density at radius 1 is 1.35 bits per heavy atom. The van der Waals surface area contributed by atoms with Crippen molar-refractivity contribution in [2.75, 3.05) is 7.11 Å². The molecule has 0 radical (unpaired) electrons. The third-order valence-corrected chi connectivity index (χ3v) is 2.90. The van der Waals surface area contributed by atoms with Crippen molar-refractivity contribution >= 4 is 5.91 Å². The lowest BCUT2D eigenvalue weighted by atomic mass is 10.1. The molecule has 0 bridgehead atoms. The van der Waals surface area contributed by atoms with Crippen molar-refractivity contribution < 1.29 is 13.9 Å². The molecule has 1 aromatic carbocycles. The molecule has 0 atom stereocenters. The molecule has 0 fully saturated rings. The number of nitrogens with zero attached hydrogens (tertiary/aromatic N) is 1. The second-order valence-corrected chi connectivity index (χ2v) is 4.36. The lowest BCUT2D eigenvalue weighted by Crippen LogP contribution is -2.23. The number of nitrogens with one attached hydrogen (secondary N) is 1. The van der Waals surface area contributed by atoms with Crippen molar-refractivity contribution in [2.24, 2.45) is 0 Å². The predicted octanol–water partition coefficient (Wildman–Crippen LogP) is 2.47. The second-order valence-electron chi connectivity index (χ2n) is 4.36. The maximum absolute atomic E-state index is 13.4. The Morgan fingerprint density at radius 2 is 2.15 bits per heavy atom. The summed E-state index contributed by atoms with van der Waals surface area (Å²) in [6, 6.07) is 8.12. The second kappa shape index (κ2) is 6.14. The van der Waals surface area contributed by atoms with E-state index in [1.807, 2.05) is 0 Å². The molecule has 0 aliphatic carbocycles. The van der Waals surface area contributed by atoms with Gasteiger partial charge >= 0.3 is 0 Å². The van der Waals surface area contributed by atoms with Gasteiger partial charge in [-0.2, -0.15) is 0 Å². The summed E-state index contributed by atoms with van der Waals surface area (Å²) < 4.78 is 18.3. The van der Waals surface area contributed by atoms with E-state index in [1.54, 1.807) is 31.2 Å². The number of rotatable bonds is 4. The van der Waals surface area contributed by atoms with Gasteiger partial charge in [-0.15, -0.1) is 0 Å². The molecule has 0 saturated carbocycles. The van der Waals surface area contributed by atoms with Crippen LogP contribution in [-0.4, -0.2) is 18.0 Å². The molecule has 2 aromatic rings. The minimum Gasteiger partial charge on any atom is -0.481 e. The maximum atomic E-state index is 13.4. The number of hydrogen-bond acceptors (Lipinski definition) is 3. The lowest BCUT2D eigenvalue weighted by molar-refractivity contribution is 0.0950. The average Bonchev–Trinajstić information content (AvgIpc) is 2.48. The SMILES string of the molecule is COc1ccc(C(=O)NCc2ccc(C)c(F)c2)cn1. The third-order valence-electron chi connectivity index (χ3n) is 2.90. The largest absolute Gasteiger partial charge is 0.481 e. The topological polar surface area (TPSA) is 51.2 Å². The fourth-order valence-corrected chi connectivity index (χ4v) is 1.67. The van der Waals surface area contributed by atoms with Gasteiger partial charge in [-0.1, -0.05) is 12.1 Å². The quantitative estimate of drug-likeness (QED) is 0.931. The van der Waals surface area contributed by atoms with E-state index in [4.69, 9.17) is 4.74 Å². The summed E-state index contributed by atoms with van der Waals surface area (Å²) in [5.74, 6) is -0.0915. The van der Waals surface area contributed by atoms with Gasteiger partial charge in [0, 0.05) is 18.8 Å². The molecule has 1 heterocycles. The molecule has 1 N–H and O–H groups in total. The number of carbonyl (C=O) groups is 1. The number of halogens is 1. The van der Waals surface area contributed by atoms with E-state index in [9.17, 15) is 9.18 Å². The molecule has 1 amide bonds. The highest BCUT2D eigenvalue weighted by Gasteiger charge is 2.07. The Bertz CT molecular complexity index is 612. The van der Waals surface area contributed by atoms with Gasteiger partial charge in [-0.05, 0) is 30.2 Å². The van der Waals surface area contributed by atoms with E-state index in [-0.39, 0.29) is 18.3 Å². The van der Waals surface area contributed by atoms with Gasteiger partial charge in [-0.3, -0.25) is 4.79 Å². The minimum absolute atomic E-state index is 0.263. The first-order chi connectivity index (χ1) is 9.60. The van der Waals surface area contributed by atoms with E-state index in [0.29, 0.717) is 22.6 Å². The maximum Gasteiger partial charge on any atom is 0.253 e. The molecule has 4 nitrogen and oxygen atoms in total. The Morgan fingerprint density at radius 3 is 2.75 bits per heavy atom. The highest BCUT2D eigenvalue weighted by atomic mass is 19.1. The molecule has 5 heteroatoms. The Balaban J connectivity index is 1.98. The zero-order valence-corrected chi connectivity index (χ0v) is 11.3. The fraction of sp³-hybridized carbons (Fsp3) is 0.200. The van der Waals surface area contributed by atoms with Crippen LogP contribution in [0, 0.1) is 12.7 Å². The Kier molecular flexibility index (Phi) is 4.30. The van der Waals surface area contributed by atoms with Crippen LogP contribution in [0.1, 0.15) is 21.5 Å². The molecular weight excluding hydrogens is 259 g/mol. The van der Waals surface area contributed by atoms with Gasteiger partial charge in [0.2, 0.25) is 5.88 Å². The lowest BCUT2D eigenvalue weighted by Gasteiger charge is -2.06. The van der Waals surface area contributed by atoms with Crippen molar-refractivity contribution in [1.29, 1.82) is 0 Å². The highest BCUT2D eigenvalue weighted by Crippen LogP contribution is 2.10. The molecule has 2 rings (SSSR count). The zero-order chi connectivity index (χ0) is 14.5. The summed E-state index contributed by atoms with van der Waals surface area (Å²) in [7, 11) is 1.51. The van der Waals surface area contributed by atoms with Gasteiger partial charge in [0.15, 0.2) is 0 Å². The molecule has 0 spiro atoms. The highest BCUT2D eigenvalue weighted by molar-refractivity contribution is 5.93. The number of hydrogen-bond donors (Lipinski definition) is 1. The fourth-order valence-electron chi connectivity index (χ4n) is 1.67. The van der Waals surface area contributed by atoms with Gasteiger partial charge < -0.3 is 10.1 Å². The number of ether oxygens (including phenoxy) is 1. The van der Waals surface area contributed by atoms with Crippen LogP contribution in [0.2, 0.25) is 0 Å². The minimum atomic E-state index is -0.275. The number of amides is 1. The van der Waals surface area contributed by atoms with Crippen LogP contribution in [0.3, 0.4) is 0 Å². The van der Waals surface area contributed by atoms with Crippen LogP contribution in [0.25, 0.3) is 0 Å². The van der Waals surface area contributed by atoms with Crippen molar-refractivity contribution in [2.45, 2.75) is 13.5 Å². The van der Waals surface area contributed by atoms with Gasteiger partial charge in [0.05, 0.1) is 12.7 Å². The summed E-state index contributed by atoms with van der Waals surface area (Å²) in [5, 5.41) is 2.71. The van der Waals surface area contributed by atoms with Crippen molar-refractivity contribution in [1.82, 2.24) is 10.3 Å². The van der Waals surface area contributed by atoms with Crippen LogP contribution >= 0.6 is 0 Å². The monoisotopic (exact) mass is 274 g/mol. The van der Waals surface area contributed by atoms with E-state index in [2.05, 4.69) is 10.3 Å². The first kappa shape index (κ1) is 14.0. The van der Waals surface area contributed by atoms with E-state index in [1.165, 1.54) is 19.4 Å². The molecule has 104 valence electrons. The Labute approximate surface area is 116 Å². The first-order valence-corrected chi connectivity index (χ1v) is 6.13. The predicted molar refractivity (Wildman–Crippen MR) is 73.1 cm³/mol. The number of carbonyl (C=O) groups excluding carboxylic acids is 1. The van der Waals surface area contributed by atoms with Crippen LogP contribution in [0.15, 0.2) is 36.5 Å². The number of pyridine rings is 1. The molecule has 1 aromatic heterocycles. The third kappa shape index (κ3) is 3.32. The van der Waals surface area contributed by atoms with Crippen molar-refractivity contribution in [3.05, 3.63) is 59.0 Å². The number of benzene rings is 1. The molecular formula is C15H15FN2O2. The van der Waals surface area contributed by atoms with Crippen LogP contribution in [0.5, 0.6) is 5.88 Å². The number of aryl methyl sites for hydroxylation is 1. The molecule has 0 aliphatic heterocycles. The number of methoxy groups -OCH3 is 1. The molecule has 20 heavy (non-hydrogen) atoms. The van der Waals surface area contributed by atoms with Crippen LogP contribution in [-0.2, 0) is 6.54 Å².